The van der Waals surface area contributed by atoms with Crippen LogP contribution in [-0.4, -0.2) is 13.7 Å². The smallest absolute Gasteiger partial charge is 0.175 e. The van der Waals surface area contributed by atoms with Crippen molar-refractivity contribution in [1.82, 2.24) is 5.32 Å². The molecule has 3 nitrogen and oxygen atoms in total. The van der Waals surface area contributed by atoms with Crippen molar-refractivity contribution < 1.29 is 9.47 Å². The highest BCUT2D eigenvalue weighted by atomic mass is 79.9. The quantitative estimate of drug-likeness (QED) is 0.512. The van der Waals surface area contributed by atoms with Crippen LogP contribution in [0, 0.1) is 5.92 Å². The molecule has 0 aliphatic rings. The van der Waals surface area contributed by atoms with Gasteiger partial charge < -0.3 is 14.8 Å². The van der Waals surface area contributed by atoms with Crippen LogP contribution in [0.5, 0.6) is 11.5 Å². The molecule has 0 spiro atoms. The van der Waals surface area contributed by atoms with Gasteiger partial charge in [0, 0.05) is 17.1 Å². The molecule has 0 atom stereocenters. The van der Waals surface area contributed by atoms with E-state index >= 15 is 0 Å². The number of nitrogens with one attached hydrogen (secondary N) is 1. The van der Waals surface area contributed by atoms with Gasteiger partial charge in [0.25, 0.3) is 0 Å². The minimum absolute atomic E-state index is 0.390. The summed E-state index contributed by atoms with van der Waals surface area (Å²) in [5.41, 5.74) is 2.09. The van der Waals surface area contributed by atoms with Gasteiger partial charge in [-0.05, 0) is 58.6 Å². The molecule has 1 N–H and O–H groups in total. The topological polar surface area (TPSA) is 30.5 Å². The molecule has 0 fully saturated rings. The maximum absolute atomic E-state index is 6.19. The first kappa shape index (κ1) is 20.1. The predicted molar refractivity (Wildman–Crippen MR) is 108 cm³/mol. The summed E-state index contributed by atoms with van der Waals surface area (Å²) in [6.45, 7) is 6.65. The van der Waals surface area contributed by atoms with Crippen molar-refractivity contribution in [2.75, 3.05) is 13.7 Å². The van der Waals surface area contributed by atoms with Crippen molar-refractivity contribution >= 4 is 27.5 Å². The Morgan fingerprint density at radius 2 is 1.96 bits per heavy atom. The zero-order valence-electron chi connectivity index (χ0n) is 14.9. The van der Waals surface area contributed by atoms with Crippen molar-refractivity contribution in [3.05, 3.63) is 57.0 Å². The summed E-state index contributed by atoms with van der Waals surface area (Å²) in [7, 11) is 1.65. The third-order valence-electron chi connectivity index (χ3n) is 3.85. The molecule has 0 aliphatic heterocycles. The molecular weight excluding hydrogens is 402 g/mol. The van der Waals surface area contributed by atoms with Crippen molar-refractivity contribution in [2.24, 2.45) is 5.92 Å². The first-order chi connectivity index (χ1) is 12.0. The lowest BCUT2D eigenvalue weighted by molar-refractivity contribution is 0.282. The lowest BCUT2D eigenvalue weighted by Gasteiger charge is -2.15. The van der Waals surface area contributed by atoms with Gasteiger partial charge in [-0.15, -0.1) is 0 Å². The largest absolute Gasteiger partial charge is 0.493 e. The highest BCUT2D eigenvalue weighted by molar-refractivity contribution is 9.10. The molecule has 0 saturated heterocycles. The Balaban J connectivity index is 2.04. The van der Waals surface area contributed by atoms with Gasteiger partial charge in [0.1, 0.15) is 6.61 Å². The summed E-state index contributed by atoms with van der Waals surface area (Å²) < 4.78 is 12.3. The highest BCUT2D eigenvalue weighted by Gasteiger charge is 2.12. The molecule has 0 amide bonds. The van der Waals surface area contributed by atoms with E-state index in [0.717, 1.165) is 35.1 Å². The van der Waals surface area contributed by atoms with Gasteiger partial charge in [-0.1, -0.05) is 43.6 Å². The van der Waals surface area contributed by atoms with Crippen molar-refractivity contribution in [1.29, 1.82) is 0 Å². The molecule has 2 aromatic carbocycles. The fourth-order valence-corrected chi connectivity index (χ4v) is 3.20. The van der Waals surface area contributed by atoms with E-state index in [-0.39, 0.29) is 0 Å². The SMILES string of the molecule is COc1cc(CNCCC(C)C)cc(Br)c1OCc1ccccc1Cl. The van der Waals surface area contributed by atoms with Crippen LogP contribution in [-0.2, 0) is 13.2 Å². The Hall–Kier alpha value is -1.23. The van der Waals surface area contributed by atoms with Crippen LogP contribution in [0.3, 0.4) is 0 Å². The van der Waals surface area contributed by atoms with Gasteiger partial charge in [-0.3, -0.25) is 0 Å². The Bertz CT molecular complexity index is 691. The van der Waals surface area contributed by atoms with E-state index in [9.17, 15) is 0 Å². The molecule has 5 heteroatoms. The van der Waals surface area contributed by atoms with Crippen LogP contribution in [0.25, 0.3) is 0 Å². The first-order valence-corrected chi connectivity index (χ1v) is 9.61. The lowest BCUT2D eigenvalue weighted by Crippen LogP contribution is -2.16. The lowest BCUT2D eigenvalue weighted by atomic mass is 10.1. The maximum Gasteiger partial charge on any atom is 0.175 e. The predicted octanol–water partition coefficient (Wildman–Crippen LogP) is 5.83. The van der Waals surface area contributed by atoms with E-state index in [1.165, 1.54) is 0 Å². The Labute approximate surface area is 163 Å². The number of methoxy groups -OCH3 is 1. The molecule has 0 radical (unpaired) electrons. The summed E-state index contributed by atoms with van der Waals surface area (Å²) in [6.07, 6.45) is 1.16. The number of hydrogen-bond donors (Lipinski definition) is 1. The van der Waals surface area contributed by atoms with Crippen molar-refractivity contribution in [3.63, 3.8) is 0 Å². The molecule has 0 unspecified atom stereocenters. The Morgan fingerprint density at radius 3 is 2.64 bits per heavy atom. The molecule has 136 valence electrons. The van der Waals surface area contributed by atoms with Crippen molar-refractivity contribution in [2.45, 2.75) is 33.4 Å². The summed E-state index contributed by atoms with van der Waals surface area (Å²) in [4.78, 5) is 0. The molecule has 0 aliphatic carbocycles. The van der Waals surface area contributed by atoms with Gasteiger partial charge in [-0.2, -0.15) is 0 Å². The van der Waals surface area contributed by atoms with E-state index in [1.807, 2.05) is 30.3 Å². The second kappa shape index (κ2) is 10.0. The third-order valence-corrected chi connectivity index (χ3v) is 4.80. The summed E-state index contributed by atoms with van der Waals surface area (Å²) in [6, 6.07) is 11.7. The number of benzene rings is 2. The van der Waals surface area contributed by atoms with Crippen LogP contribution in [0.2, 0.25) is 5.02 Å². The van der Waals surface area contributed by atoms with E-state index in [0.29, 0.717) is 29.0 Å². The van der Waals surface area contributed by atoms with Crippen LogP contribution in [0.4, 0.5) is 0 Å². The second-order valence-electron chi connectivity index (χ2n) is 6.35. The number of ether oxygens (including phenoxy) is 2. The Kier molecular flexibility index (Phi) is 8.07. The van der Waals surface area contributed by atoms with Gasteiger partial charge in [0.15, 0.2) is 11.5 Å². The average molecular weight is 427 g/mol. The van der Waals surface area contributed by atoms with E-state index in [1.54, 1.807) is 7.11 Å². The monoisotopic (exact) mass is 425 g/mol. The summed E-state index contributed by atoms with van der Waals surface area (Å²) >= 11 is 9.79. The van der Waals surface area contributed by atoms with E-state index < -0.39 is 0 Å². The fourth-order valence-electron chi connectivity index (χ4n) is 2.40. The normalized spacial score (nSPS) is 11.0. The molecule has 0 heterocycles. The molecular formula is C20H25BrClNO2. The van der Waals surface area contributed by atoms with Crippen LogP contribution in [0.1, 0.15) is 31.4 Å². The minimum Gasteiger partial charge on any atom is -0.493 e. The van der Waals surface area contributed by atoms with Gasteiger partial charge in [0.05, 0.1) is 11.6 Å². The van der Waals surface area contributed by atoms with E-state index in [4.69, 9.17) is 21.1 Å². The van der Waals surface area contributed by atoms with Gasteiger partial charge in [-0.25, -0.2) is 0 Å². The molecule has 2 aromatic rings. The van der Waals surface area contributed by atoms with E-state index in [2.05, 4.69) is 41.2 Å². The molecule has 25 heavy (non-hydrogen) atoms. The van der Waals surface area contributed by atoms with Gasteiger partial charge in [0.2, 0.25) is 0 Å². The minimum atomic E-state index is 0.390. The zero-order chi connectivity index (χ0) is 18.2. The van der Waals surface area contributed by atoms with Crippen LogP contribution < -0.4 is 14.8 Å². The average Bonchev–Trinajstić information content (AvgIpc) is 2.58. The van der Waals surface area contributed by atoms with Crippen LogP contribution >= 0.6 is 27.5 Å². The standard InChI is InChI=1S/C20H25BrClNO2/c1-14(2)8-9-23-12-15-10-17(21)20(19(11-15)24-3)25-13-16-6-4-5-7-18(16)22/h4-7,10-11,14,23H,8-9,12-13H2,1-3H3. The number of halogens is 2. The number of rotatable bonds is 9. The summed E-state index contributed by atoms with van der Waals surface area (Å²) in [5.74, 6) is 2.10. The first-order valence-electron chi connectivity index (χ1n) is 8.44. The number of hydrogen-bond acceptors (Lipinski definition) is 3. The highest BCUT2D eigenvalue weighted by Crippen LogP contribution is 2.37. The zero-order valence-corrected chi connectivity index (χ0v) is 17.3. The second-order valence-corrected chi connectivity index (χ2v) is 7.61. The molecule has 0 saturated carbocycles. The van der Waals surface area contributed by atoms with Gasteiger partial charge >= 0.3 is 0 Å². The maximum atomic E-state index is 6.19. The fraction of sp³-hybridized carbons (Fsp3) is 0.400. The molecule has 2 rings (SSSR count). The summed E-state index contributed by atoms with van der Waals surface area (Å²) in [5, 5.41) is 4.16. The third kappa shape index (κ3) is 6.21. The molecule has 0 aromatic heterocycles. The molecule has 0 bridgehead atoms. The Morgan fingerprint density at radius 1 is 1.20 bits per heavy atom. The van der Waals surface area contributed by atoms with Crippen LogP contribution in [0.15, 0.2) is 40.9 Å². The van der Waals surface area contributed by atoms with Crippen molar-refractivity contribution in [3.8, 4) is 11.5 Å².